The van der Waals surface area contributed by atoms with Crippen LogP contribution in [0.15, 0.2) is 36.9 Å². The third-order valence-electron chi connectivity index (χ3n) is 5.59. The summed E-state index contributed by atoms with van der Waals surface area (Å²) in [6, 6.07) is 4.17. The first kappa shape index (κ1) is 25.2. The lowest BCUT2D eigenvalue weighted by Crippen LogP contribution is -2.42. The summed E-state index contributed by atoms with van der Waals surface area (Å²) in [5, 5.41) is 0. The molecular weight excluding hydrogens is 409 g/mol. The van der Waals surface area contributed by atoms with Gasteiger partial charge in [-0.05, 0) is 76.4 Å². The fourth-order valence-corrected chi connectivity index (χ4v) is 3.68. The van der Waals surface area contributed by atoms with Crippen LogP contribution < -0.4 is 4.74 Å². The second-order valence-corrected chi connectivity index (χ2v) is 8.06. The van der Waals surface area contributed by atoms with Crippen molar-refractivity contribution < 1.29 is 27.4 Å². The predicted molar refractivity (Wildman–Crippen MR) is 114 cm³/mol. The molecule has 0 spiro atoms. The van der Waals surface area contributed by atoms with E-state index in [1.165, 1.54) is 4.90 Å². The van der Waals surface area contributed by atoms with E-state index in [-0.39, 0.29) is 17.9 Å². The average Bonchev–Trinajstić information content (AvgIpc) is 2.73. The smallest absolute Gasteiger partial charge is 0.410 e. The van der Waals surface area contributed by atoms with Crippen molar-refractivity contribution in [2.75, 3.05) is 33.8 Å². The van der Waals surface area contributed by atoms with Crippen LogP contribution in [0.25, 0.3) is 0 Å². The van der Waals surface area contributed by atoms with Gasteiger partial charge in [-0.15, -0.1) is 6.58 Å². The van der Waals surface area contributed by atoms with Crippen LogP contribution in [-0.2, 0) is 10.9 Å². The molecule has 0 N–H and O–H groups in total. The molecule has 0 heterocycles. The summed E-state index contributed by atoms with van der Waals surface area (Å²) in [4.78, 5) is 16.1. The molecule has 0 aliphatic heterocycles. The topological polar surface area (TPSA) is 42.0 Å². The van der Waals surface area contributed by atoms with Crippen molar-refractivity contribution in [2.45, 2.75) is 56.8 Å². The lowest BCUT2D eigenvalue weighted by atomic mass is 9.92. The molecule has 174 valence electrons. The Labute approximate surface area is 182 Å². The van der Waals surface area contributed by atoms with E-state index in [1.807, 2.05) is 6.08 Å². The van der Waals surface area contributed by atoms with Gasteiger partial charge >= 0.3 is 12.3 Å². The van der Waals surface area contributed by atoms with E-state index < -0.39 is 17.8 Å². The second-order valence-electron chi connectivity index (χ2n) is 8.06. The van der Waals surface area contributed by atoms with Gasteiger partial charge in [0.15, 0.2) is 0 Å². The zero-order chi connectivity index (χ0) is 22.9. The highest BCUT2D eigenvalue weighted by atomic mass is 19.4. The van der Waals surface area contributed by atoms with Gasteiger partial charge in [-0.2, -0.15) is 13.2 Å². The zero-order valence-corrected chi connectivity index (χ0v) is 18.4. The van der Waals surface area contributed by atoms with Crippen molar-refractivity contribution >= 4 is 6.09 Å². The molecule has 0 radical (unpaired) electrons. The molecule has 8 heteroatoms. The molecule has 1 saturated carbocycles. The number of amides is 1. The first-order valence-corrected chi connectivity index (χ1v) is 10.7. The summed E-state index contributed by atoms with van der Waals surface area (Å²) in [7, 11) is 3.74. The van der Waals surface area contributed by atoms with Crippen LogP contribution in [0.4, 0.5) is 18.0 Å². The first-order chi connectivity index (χ1) is 14.7. The number of alkyl halides is 3. The Bertz CT molecular complexity index is 686. The van der Waals surface area contributed by atoms with Crippen molar-refractivity contribution in [3.8, 4) is 5.75 Å². The molecule has 0 bridgehead atoms. The average molecular weight is 443 g/mol. The molecule has 1 aromatic rings. The first-order valence-electron chi connectivity index (χ1n) is 10.7. The van der Waals surface area contributed by atoms with Crippen LogP contribution in [-0.4, -0.2) is 61.8 Å². The van der Waals surface area contributed by atoms with E-state index in [1.54, 1.807) is 7.05 Å². The van der Waals surface area contributed by atoms with E-state index in [9.17, 15) is 18.0 Å². The molecule has 1 aromatic carbocycles. The molecule has 2 rings (SSSR count). The molecule has 1 amide bonds. The van der Waals surface area contributed by atoms with Gasteiger partial charge in [0.2, 0.25) is 0 Å². The Morgan fingerprint density at radius 2 is 1.77 bits per heavy atom. The van der Waals surface area contributed by atoms with Gasteiger partial charge in [0, 0.05) is 26.2 Å². The fourth-order valence-electron chi connectivity index (χ4n) is 3.68. The van der Waals surface area contributed by atoms with Crippen molar-refractivity contribution in [3.63, 3.8) is 0 Å². The fraction of sp³-hybridized carbons (Fsp3) is 0.609. The highest BCUT2D eigenvalue weighted by molar-refractivity contribution is 5.70. The maximum atomic E-state index is 12.6. The Balaban J connectivity index is 1.67. The number of nitrogens with zero attached hydrogens (tertiary/aromatic N) is 2. The largest absolute Gasteiger partial charge is 0.416 e. The molecule has 31 heavy (non-hydrogen) atoms. The Kier molecular flexibility index (Phi) is 9.84. The molecule has 0 atom stereocenters. The number of ether oxygens (including phenoxy) is 2. The SMILES string of the molecule is C=CCN(C)CCCCOC1CCC(N(C)C(=O)Oc2ccc(C(F)(F)F)cc2)CC1. The maximum Gasteiger partial charge on any atom is 0.416 e. The van der Waals surface area contributed by atoms with E-state index in [0.29, 0.717) is 0 Å². The number of hydrogen-bond acceptors (Lipinski definition) is 4. The van der Waals surface area contributed by atoms with Crippen LogP contribution in [0.2, 0.25) is 0 Å². The van der Waals surface area contributed by atoms with Gasteiger partial charge in [-0.3, -0.25) is 0 Å². The second kappa shape index (κ2) is 12.1. The van der Waals surface area contributed by atoms with Crippen molar-refractivity contribution in [1.29, 1.82) is 0 Å². The van der Waals surface area contributed by atoms with Crippen LogP contribution in [0.5, 0.6) is 5.75 Å². The molecule has 0 aromatic heterocycles. The van der Waals surface area contributed by atoms with Crippen molar-refractivity contribution in [3.05, 3.63) is 42.5 Å². The van der Waals surface area contributed by atoms with Crippen LogP contribution in [0.3, 0.4) is 0 Å². The molecule has 1 aliphatic rings. The normalized spacial score (nSPS) is 19.3. The van der Waals surface area contributed by atoms with Crippen LogP contribution in [0.1, 0.15) is 44.1 Å². The minimum atomic E-state index is -4.41. The molecule has 0 unspecified atom stereocenters. The highest BCUT2D eigenvalue weighted by Crippen LogP contribution is 2.30. The summed E-state index contributed by atoms with van der Waals surface area (Å²) in [5.74, 6) is 0.0978. The van der Waals surface area contributed by atoms with E-state index >= 15 is 0 Å². The predicted octanol–water partition coefficient (Wildman–Crippen LogP) is 5.36. The quantitative estimate of drug-likeness (QED) is 0.361. The number of halogens is 3. The lowest BCUT2D eigenvalue weighted by Gasteiger charge is -2.34. The van der Waals surface area contributed by atoms with Gasteiger partial charge in [-0.1, -0.05) is 6.08 Å². The van der Waals surface area contributed by atoms with Gasteiger partial charge in [0.05, 0.1) is 11.7 Å². The standard InChI is InChI=1S/C23H33F3N2O3/c1-4-15-27(2)16-5-6-17-30-20-13-9-19(10-14-20)28(3)22(29)31-21-11-7-18(8-12-21)23(24,25)26/h4,7-8,11-12,19-20H,1,5-6,9-10,13-17H2,2-3H3. The molecule has 5 nitrogen and oxygen atoms in total. The number of likely N-dealkylation sites (N-methyl/N-ethyl adjacent to an activating group) is 1. The summed E-state index contributed by atoms with van der Waals surface area (Å²) in [5.41, 5.74) is -0.775. The van der Waals surface area contributed by atoms with Crippen LogP contribution in [0, 0.1) is 0 Å². The monoisotopic (exact) mass is 442 g/mol. The molecular formula is C23H33F3N2O3. The van der Waals surface area contributed by atoms with E-state index in [2.05, 4.69) is 18.5 Å². The lowest BCUT2D eigenvalue weighted by molar-refractivity contribution is -0.137. The minimum Gasteiger partial charge on any atom is -0.410 e. The van der Waals surface area contributed by atoms with Crippen molar-refractivity contribution in [2.24, 2.45) is 0 Å². The number of carbonyl (C=O) groups is 1. The summed E-state index contributed by atoms with van der Waals surface area (Å²) >= 11 is 0. The minimum absolute atomic E-state index is 0.0364. The summed E-state index contributed by atoms with van der Waals surface area (Å²) in [6.45, 7) is 6.38. The van der Waals surface area contributed by atoms with Gasteiger partial charge in [0.1, 0.15) is 5.75 Å². The number of rotatable bonds is 10. The molecule has 0 saturated heterocycles. The Hall–Kier alpha value is -2.06. The summed E-state index contributed by atoms with van der Waals surface area (Å²) in [6.07, 6.45) is 2.59. The molecule has 1 fully saturated rings. The molecule has 1 aliphatic carbocycles. The van der Waals surface area contributed by atoms with Gasteiger partial charge in [0.25, 0.3) is 0 Å². The number of benzene rings is 1. The Morgan fingerprint density at radius 1 is 1.13 bits per heavy atom. The van der Waals surface area contributed by atoms with Gasteiger partial charge in [-0.25, -0.2) is 4.79 Å². The van der Waals surface area contributed by atoms with Crippen molar-refractivity contribution in [1.82, 2.24) is 9.80 Å². The maximum absolute atomic E-state index is 12.6. The van der Waals surface area contributed by atoms with Crippen LogP contribution >= 0.6 is 0 Å². The van der Waals surface area contributed by atoms with Gasteiger partial charge < -0.3 is 19.3 Å². The Morgan fingerprint density at radius 3 is 2.35 bits per heavy atom. The zero-order valence-electron chi connectivity index (χ0n) is 18.4. The number of carbonyl (C=O) groups excluding carboxylic acids is 1. The third kappa shape index (κ3) is 8.53. The number of hydrogen-bond donors (Lipinski definition) is 0. The van der Waals surface area contributed by atoms with E-state index in [0.717, 1.165) is 82.5 Å². The highest BCUT2D eigenvalue weighted by Gasteiger charge is 2.31. The number of unbranched alkanes of at least 4 members (excludes halogenated alkanes) is 1. The summed E-state index contributed by atoms with van der Waals surface area (Å²) < 4.78 is 49.1. The third-order valence-corrected chi connectivity index (χ3v) is 5.59. The van der Waals surface area contributed by atoms with E-state index in [4.69, 9.17) is 9.47 Å².